The molecule has 0 spiro atoms. The maximum atomic E-state index is 7.00. The van der Waals surface area contributed by atoms with E-state index in [1.165, 1.54) is 23.1 Å². The second-order valence-corrected chi connectivity index (χ2v) is 2.80. The van der Waals surface area contributed by atoms with E-state index in [0.717, 1.165) is 13.5 Å². The lowest BCUT2D eigenvalue weighted by molar-refractivity contribution is 0.399. The van der Waals surface area contributed by atoms with Gasteiger partial charge in [0.1, 0.15) is 0 Å². The molecule has 0 aromatic carbocycles. The fraction of sp³-hybridized carbons (Fsp3) is 0.333. The Balaban J connectivity index is 0.000000671. The molecule has 0 radical (unpaired) electrons. The van der Waals surface area contributed by atoms with Crippen molar-refractivity contribution in [2.45, 2.75) is 19.8 Å². The second kappa shape index (κ2) is 6.44. The second-order valence-electron chi connectivity index (χ2n) is 2.80. The predicted octanol–water partition coefficient (Wildman–Crippen LogP) is 3.00. The minimum atomic E-state index is 1.00. The first-order valence-electron chi connectivity index (χ1n) is 4.39. The molecule has 0 amide bonds. The van der Waals surface area contributed by atoms with Crippen molar-refractivity contribution in [3.05, 3.63) is 48.1 Å². The Morgan fingerprint density at radius 2 is 1.92 bits per heavy atom. The zero-order valence-electron chi connectivity index (χ0n) is 8.51. The van der Waals surface area contributed by atoms with Crippen LogP contribution in [0.1, 0.15) is 19.8 Å². The summed E-state index contributed by atoms with van der Waals surface area (Å²) < 4.78 is 0. The van der Waals surface area contributed by atoms with E-state index in [9.17, 15) is 0 Å². The number of aliphatic hydroxyl groups is 1. The number of allylic oxidation sites excluding steroid dienone is 6. The fourth-order valence-corrected chi connectivity index (χ4v) is 1.42. The number of hydrogen-bond donors (Lipinski definition) is 1. The minimum absolute atomic E-state index is 1.00. The highest BCUT2D eigenvalue weighted by molar-refractivity contribution is 5.49. The van der Waals surface area contributed by atoms with Gasteiger partial charge >= 0.3 is 0 Å². The van der Waals surface area contributed by atoms with Crippen molar-refractivity contribution in [1.29, 1.82) is 0 Å². The van der Waals surface area contributed by atoms with Gasteiger partial charge in [0, 0.05) is 7.11 Å². The van der Waals surface area contributed by atoms with Crippen molar-refractivity contribution in [2.24, 2.45) is 0 Å². The first-order chi connectivity index (χ1) is 6.29. The van der Waals surface area contributed by atoms with Gasteiger partial charge in [-0.25, -0.2) is 0 Å². The van der Waals surface area contributed by atoms with Gasteiger partial charge in [-0.15, -0.1) is 0 Å². The van der Waals surface area contributed by atoms with Crippen molar-refractivity contribution < 1.29 is 5.11 Å². The summed E-state index contributed by atoms with van der Waals surface area (Å²) in [6.07, 6.45) is 8.35. The van der Waals surface area contributed by atoms with E-state index >= 15 is 0 Å². The van der Waals surface area contributed by atoms with E-state index in [1.807, 2.05) is 12.2 Å². The third-order valence-corrected chi connectivity index (χ3v) is 2.08. The molecule has 0 bridgehead atoms. The Bertz CT molecular complexity index is 244. The normalized spacial score (nSPS) is 15.5. The van der Waals surface area contributed by atoms with Crippen LogP contribution >= 0.6 is 0 Å². The van der Waals surface area contributed by atoms with E-state index in [0.29, 0.717) is 0 Å². The molecule has 0 saturated carbocycles. The molecule has 1 aliphatic rings. The van der Waals surface area contributed by atoms with Crippen LogP contribution in [0.15, 0.2) is 48.1 Å². The molecule has 0 heterocycles. The van der Waals surface area contributed by atoms with Crippen LogP contribution in [0, 0.1) is 0 Å². The Hall–Kier alpha value is -1.08. The Morgan fingerprint density at radius 3 is 2.31 bits per heavy atom. The summed E-state index contributed by atoms with van der Waals surface area (Å²) in [5, 5.41) is 7.00. The van der Waals surface area contributed by atoms with Crippen molar-refractivity contribution in [2.75, 3.05) is 7.11 Å². The fourth-order valence-electron chi connectivity index (χ4n) is 1.42. The molecule has 0 aliphatic heterocycles. The molecular weight excluding hydrogens is 160 g/mol. The average molecular weight is 178 g/mol. The van der Waals surface area contributed by atoms with Crippen LogP contribution in [0.4, 0.5) is 0 Å². The van der Waals surface area contributed by atoms with Crippen LogP contribution in [0.2, 0.25) is 0 Å². The van der Waals surface area contributed by atoms with Crippen LogP contribution < -0.4 is 0 Å². The molecular formula is C12H18O. The quantitative estimate of drug-likeness (QED) is 0.689. The van der Waals surface area contributed by atoms with Crippen LogP contribution in [0.5, 0.6) is 0 Å². The molecule has 1 N–H and O–H groups in total. The minimum Gasteiger partial charge on any atom is -0.400 e. The van der Waals surface area contributed by atoms with Crippen LogP contribution in [0.3, 0.4) is 0 Å². The average Bonchev–Trinajstić information content (AvgIpc) is 2.20. The summed E-state index contributed by atoms with van der Waals surface area (Å²) in [6, 6.07) is 0. The third kappa shape index (κ3) is 3.03. The van der Waals surface area contributed by atoms with Gasteiger partial charge in [-0.1, -0.05) is 37.0 Å². The lowest BCUT2D eigenvalue weighted by Crippen LogP contribution is -1.94. The maximum Gasteiger partial charge on any atom is 0.0319 e. The molecule has 13 heavy (non-hydrogen) atoms. The van der Waals surface area contributed by atoms with Crippen molar-refractivity contribution in [3.8, 4) is 0 Å². The van der Waals surface area contributed by atoms with Gasteiger partial charge in [-0.3, -0.25) is 0 Å². The Morgan fingerprint density at radius 1 is 1.31 bits per heavy atom. The van der Waals surface area contributed by atoms with Gasteiger partial charge in [0.25, 0.3) is 0 Å². The molecule has 0 fully saturated rings. The molecule has 0 saturated heterocycles. The number of aliphatic hydroxyl groups excluding tert-OH is 1. The molecule has 0 aromatic rings. The van der Waals surface area contributed by atoms with Crippen molar-refractivity contribution >= 4 is 0 Å². The Kier molecular flexibility index (Phi) is 5.90. The van der Waals surface area contributed by atoms with Gasteiger partial charge in [0.05, 0.1) is 0 Å². The van der Waals surface area contributed by atoms with E-state index in [2.05, 4.69) is 26.2 Å². The van der Waals surface area contributed by atoms with Gasteiger partial charge < -0.3 is 5.11 Å². The van der Waals surface area contributed by atoms with Crippen molar-refractivity contribution in [3.63, 3.8) is 0 Å². The molecule has 1 rings (SSSR count). The number of hydrogen-bond acceptors (Lipinski definition) is 1. The third-order valence-electron chi connectivity index (χ3n) is 2.08. The predicted molar refractivity (Wildman–Crippen MR) is 58.6 cm³/mol. The SMILES string of the molecule is C=CC1=CCCC(C)=C1C=C.CO. The van der Waals surface area contributed by atoms with Gasteiger partial charge in [0.15, 0.2) is 0 Å². The summed E-state index contributed by atoms with van der Waals surface area (Å²) in [5.41, 5.74) is 3.94. The zero-order chi connectivity index (χ0) is 10.3. The van der Waals surface area contributed by atoms with Crippen LogP contribution in [-0.4, -0.2) is 12.2 Å². The largest absolute Gasteiger partial charge is 0.400 e. The van der Waals surface area contributed by atoms with E-state index in [4.69, 9.17) is 5.11 Å². The lowest BCUT2D eigenvalue weighted by Gasteiger charge is -2.13. The summed E-state index contributed by atoms with van der Waals surface area (Å²) in [5.74, 6) is 0. The first kappa shape index (κ1) is 11.9. The molecule has 0 atom stereocenters. The summed E-state index contributed by atoms with van der Waals surface area (Å²) in [7, 11) is 1.00. The van der Waals surface area contributed by atoms with Gasteiger partial charge in [-0.2, -0.15) is 0 Å². The van der Waals surface area contributed by atoms with E-state index in [1.54, 1.807) is 0 Å². The molecule has 0 aromatic heterocycles. The van der Waals surface area contributed by atoms with Crippen LogP contribution in [0.25, 0.3) is 0 Å². The topological polar surface area (TPSA) is 20.2 Å². The van der Waals surface area contributed by atoms with Gasteiger partial charge in [-0.05, 0) is 30.9 Å². The maximum absolute atomic E-state index is 7.00. The standard InChI is InChI=1S/C11H14.CH4O/c1-4-10-8-6-7-9(3)11(10)5-2;1-2/h4-5,8H,1-2,6-7H2,3H3;2H,1H3. The molecule has 1 nitrogen and oxygen atoms in total. The summed E-state index contributed by atoms with van der Waals surface area (Å²) in [4.78, 5) is 0. The summed E-state index contributed by atoms with van der Waals surface area (Å²) in [6.45, 7) is 9.71. The molecule has 1 heteroatoms. The smallest absolute Gasteiger partial charge is 0.0319 e. The van der Waals surface area contributed by atoms with Crippen LogP contribution in [-0.2, 0) is 0 Å². The highest BCUT2D eigenvalue weighted by Gasteiger charge is 2.06. The lowest BCUT2D eigenvalue weighted by atomic mass is 9.92. The molecule has 0 unspecified atom stereocenters. The van der Waals surface area contributed by atoms with E-state index in [-0.39, 0.29) is 0 Å². The van der Waals surface area contributed by atoms with E-state index < -0.39 is 0 Å². The first-order valence-corrected chi connectivity index (χ1v) is 4.39. The highest BCUT2D eigenvalue weighted by atomic mass is 16.2. The molecule has 72 valence electrons. The monoisotopic (exact) mass is 178 g/mol. The summed E-state index contributed by atoms with van der Waals surface area (Å²) >= 11 is 0. The van der Waals surface area contributed by atoms with Gasteiger partial charge in [0.2, 0.25) is 0 Å². The molecule has 1 aliphatic carbocycles. The van der Waals surface area contributed by atoms with Crippen molar-refractivity contribution in [1.82, 2.24) is 0 Å². The zero-order valence-corrected chi connectivity index (χ0v) is 8.51. The highest BCUT2D eigenvalue weighted by Crippen LogP contribution is 2.25. The Labute approximate surface area is 80.8 Å². The number of rotatable bonds is 2.